The van der Waals surface area contributed by atoms with Crippen LogP contribution in [0, 0.1) is 0 Å². The number of amides is 2. The fraction of sp³-hybridized carbons (Fsp3) is 0.190. The standard InChI is InChI=1S/C21H22N2O6/c1-14(24)22-16-7-5-8-17(12-16)23-19(25)13-29-20(26)11-10-15-6-4-9-18(27-2)21(15)28-3/h4-12H,13H2,1-3H3,(H,22,24)(H,23,25)/b11-10+. The average molecular weight is 398 g/mol. The fourth-order valence-corrected chi connectivity index (χ4v) is 2.46. The molecule has 2 rings (SSSR count). The van der Waals surface area contributed by atoms with Gasteiger partial charge in [0.1, 0.15) is 0 Å². The van der Waals surface area contributed by atoms with Crippen LogP contribution in [0.1, 0.15) is 12.5 Å². The van der Waals surface area contributed by atoms with Crippen molar-refractivity contribution < 1.29 is 28.6 Å². The van der Waals surface area contributed by atoms with Gasteiger partial charge in [-0.05, 0) is 30.3 Å². The molecule has 8 heteroatoms. The van der Waals surface area contributed by atoms with Gasteiger partial charge >= 0.3 is 5.97 Å². The fourth-order valence-electron chi connectivity index (χ4n) is 2.46. The average Bonchev–Trinajstić information content (AvgIpc) is 2.70. The highest BCUT2D eigenvalue weighted by molar-refractivity contribution is 5.96. The summed E-state index contributed by atoms with van der Waals surface area (Å²) in [7, 11) is 3.02. The van der Waals surface area contributed by atoms with Crippen LogP contribution in [-0.4, -0.2) is 38.6 Å². The predicted molar refractivity (Wildman–Crippen MR) is 109 cm³/mol. The highest BCUT2D eigenvalue weighted by Gasteiger charge is 2.09. The van der Waals surface area contributed by atoms with E-state index >= 15 is 0 Å². The van der Waals surface area contributed by atoms with E-state index in [1.54, 1.807) is 42.5 Å². The van der Waals surface area contributed by atoms with Crippen molar-refractivity contribution in [3.8, 4) is 11.5 Å². The molecule has 0 saturated heterocycles. The van der Waals surface area contributed by atoms with Crippen LogP contribution in [0.4, 0.5) is 11.4 Å². The maximum Gasteiger partial charge on any atom is 0.331 e. The lowest BCUT2D eigenvalue weighted by atomic mass is 10.1. The molecule has 2 N–H and O–H groups in total. The summed E-state index contributed by atoms with van der Waals surface area (Å²) >= 11 is 0. The van der Waals surface area contributed by atoms with E-state index in [9.17, 15) is 14.4 Å². The molecule has 0 spiro atoms. The quantitative estimate of drug-likeness (QED) is 0.524. The van der Waals surface area contributed by atoms with Crippen molar-refractivity contribution in [1.82, 2.24) is 0 Å². The van der Waals surface area contributed by atoms with Crippen molar-refractivity contribution >= 4 is 35.2 Å². The third-order valence-corrected chi connectivity index (χ3v) is 3.64. The molecule has 0 fully saturated rings. The molecule has 2 aromatic carbocycles. The Morgan fingerprint density at radius 1 is 0.966 bits per heavy atom. The van der Waals surface area contributed by atoms with Gasteiger partial charge in [-0.1, -0.05) is 18.2 Å². The molecule has 29 heavy (non-hydrogen) atoms. The minimum absolute atomic E-state index is 0.220. The molecule has 2 aromatic rings. The molecular formula is C21H22N2O6. The van der Waals surface area contributed by atoms with Crippen LogP contribution in [0.2, 0.25) is 0 Å². The van der Waals surface area contributed by atoms with Crippen molar-refractivity contribution in [2.75, 3.05) is 31.5 Å². The van der Waals surface area contributed by atoms with Gasteiger partial charge in [-0.3, -0.25) is 9.59 Å². The zero-order valence-corrected chi connectivity index (χ0v) is 16.4. The summed E-state index contributed by atoms with van der Waals surface area (Å²) in [4.78, 5) is 35.0. The first kappa shape index (κ1) is 21.5. The van der Waals surface area contributed by atoms with Crippen molar-refractivity contribution in [3.05, 3.63) is 54.1 Å². The SMILES string of the molecule is COc1cccc(/C=C/C(=O)OCC(=O)Nc2cccc(NC(C)=O)c2)c1OC. The summed E-state index contributed by atoms with van der Waals surface area (Å²) in [5.41, 5.74) is 1.64. The molecule has 8 nitrogen and oxygen atoms in total. The molecule has 0 aromatic heterocycles. The van der Waals surface area contributed by atoms with E-state index in [0.717, 1.165) is 0 Å². The number of rotatable bonds is 8. The monoisotopic (exact) mass is 398 g/mol. The maximum absolute atomic E-state index is 12.0. The number of methoxy groups -OCH3 is 2. The predicted octanol–water partition coefficient (Wildman–Crippen LogP) is 2.86. The van der Waals surface area contributed by atoms with Gasteiger partial charge in [0, 0.05) is 29.9 Å². The first-order valence-corrected chi connectivity index (χ1v) is 8.66. The van der Waals surface area contributed by atoms with Crippen LogP contribution in [0.3, 0.4) is 0 Å². The molecule has 0 aliphatic carbocycles. The second-order valence-corrected chi connectivity index (χ2v) is 5.83. The molecule has 0 aliphatic heterocycles. The molecule has 152 valence electrons. The summed E-state index contributed by atoms with van der Waals surface area (Å²) in [6.45, 7) is 0.933. The minimum atomic E-state index is -0.683. The normalized spacial score (nSPS) is 10.3. The summed E-state index contributed by atoms with van der Waals surface area (Å²) in [6.07, 6.45) is 2.71. The number of ether oxygens (including phenoxy) is 3. The summed E-state index contributed by atoms with van der Waals surface area (Å²) in [5.74, 6) is -0.399. The number of hydrogen-bond donors (Lipinski definition) is 2. The molecule has 2 amide bonds. The number of para-hydroxylation sites is 1. The Morgan fingerprint density at radius 2 is 1.66 bits per heavy atom. The molecule has 0 bridgehead atoms. The number of hydrogen-bond acceptors (Lipinski definition) is 6. The van der Waals surface area contributed by atoms with Gasteiger partial charge in [-0.25, -0.2) is 4.79 Å². The van der Waals surface area contributed by atoms with E-state index in [1.807, 2.05) is 0 Å². The van der Waals surface area contributed by atoms with E-state index in [-0.39, 0.29) is 5.91 Å². The third-order valence-electron chi connectivity index (χ3n) is 3.64. The molecule has 0 unspecified atom stereocenters. The van der Waals surface area contributed by atoms with Gasteiger partial charge in [0.15, 0.2) is 18.1 Å². The number of carbonyl (C=O) groups is 3. The minimum Gasteiger partial charge on any atom is -0.493 e. The molecular weight excluding hydrogens is 376 g/mol. The zero-order valence-electron chi connectivity index (χ0n) is 16.4. The van der Waals surface area contributed by atoms with Crippen molar-refractivity contribution in [2.45, 2.75) is 6.92 Å². The number of nitrogens with one attached hydrogen (secondary N) is 2. The lowest BCUT2D eigenvalue weighted by Crippen LogP contribution is -2.20. The highest BCUT2D eigenvalue weighted by atomic mass is 16.5. The largest absolute Gasteiger partial charge is 0.493 e. The van der Waals surface area contributed by atoms with Crippen molar-refractivity contribution in [2.24, 2.45) is 0 Å². The Labute approximate surface area is 168 Å². The van der Waals surface area contributed by atoms with E-state index in [2.05, 4.69) is 10.6 Å². The number of carbonyl (C=O) groups excluding carboxylic acids is 3. The Hall–Kier alpha value is -3.81. The molecule has 0 atom stereocenters. The van der Waals surface area contributed by atoms with Crippen LogP contribution in [0.5, 0.6) is 11.5 Å². The van der Waals surface area contributed by atoms with E-state index in [4.69, 9.17) is 14.2 Å². The van der Waals surface area contributed by atoms with Gasteiger partial charge < -0.3 is 24.8 Å². The summed E-state index contributed by atoms with van der Waals surface area (Å²) in [6, 6.07) is 11.9. The van der Waals surface area contributed by atoms with Gasteiger partial charge in [-0.15, -0.1) is 0 Å². The van der Waals surface area contributed by atoms with Crippen molar-refractivity contribution in [1.29, 1.82) is 0 Å². The van der Waals surface area contributed by atoms with Gasteiger partial charge in [-0.2, -0.15) is 0 Å². The first-order valence-electron chi connectivity index (χ1n) is 8.66. The lowest BCUT2D eigenvalue weighted by Gasteiger charge is -2.10. The van der Waals surface area contributed by atoms with E-state index in [0.29, 0.717) is 28.4 Å². The van der Waals surface area contributed by atoms with Gasteiger partial charge in [0.25, 0.3) is 5.91 Å². The van der Waals surface area contributed by atoms with Crippen LogP contribution >= 0.6 is 0 Å². The second-order valence-electron chi connectivity index (χ2n) is 5.83. The molecule has 0 heterocycles. The molecule has 0 aliphatic rings. The maximum atomic E-state index is 12.0. The highest BCUT2D eigenvalue weighted by Crippen LogP contribution is 2.31. The Morgan fingerprint density at radius 3 is 2.31 bits per heavy atom. The number of anilines is 2. The van der Waals surface area contributed by atoms with Gasteiger partial charge in [0.05, 0.1) is 14.2 Å². The molecule has 0 saturated carbocycles. The van der Waals surface area contributed by atoms with E-state index in [1.165, 1.54) is 33.3 Å². The van der Waals surface area contributed by atoms with Crippen LogP contribution in [0.15, 0.2) is 48.5 Å². The zero-order chi connectivity index (χ0) is 21.2. The summed E-state index contributed by atoms with van der Waals surface area (Å²) in [5, 5.41) is 5.20. The first-order chi connectivity index (χ1) is 13.9. The molecule has 0 radical (unpaired) electrons. The third kappa shape index (κ3) is 6.69. The summed E-state index contributed by atoms with van der Waals surface area (Å²) < 4.78 is 15.4. The topological polar surface area (TPSA) is 103 Å². The van der Waals surface area contributed by atoms with Crippen LogP contribution in [0.25, 0.3) is 6.08 Å². The van der Waals surface area contributed by atoms with E-state index < -0.39 is 18.5 Å². The van der Waals surface area contributed by atoms with Crippen LogP contribution < -0.4 is 20.1 Å². The van der Waals surface area contributed by atoms with Gasteiger partial charge in [0.2, 0.25) is 5.91 Å². The number of benzene rings is 2. The lowest BCUT2D eigenvalue weighted by molar-refractivity contribution is -0.142. The van der Waals surface area contributed by atoms with Crippen LogP contribution in [-0.2, 0) is 19.1 Å². The Balaban J connectivity index is 1.90. The second kappa shape index (κ2) is 10.5. The Bertz CT molecular complexity index is 923. The Kier molecular flexibility index (Phi) is 7.78. The van der Waals surface area contributed by atoms with Crippen molar-refractivity contribution in [3.63, 3.8) is 0 Å². The number of esters is 1. The smallest absolute Gasteiger partial charge is 0.331 e.